The van der Waals surface area contributed by atoms with E-state index in [9.17, 15) is 8.42 Å². The standard InChI is InChI=1S/C17H22ClN3O3S/c1-20(25(22,23)14-3-4-14)11-12-6-8-21(9-7-12)17-19-15-5-2-13(18)10-16(15)24-17/h2,5,10,12,14H,3-4,6-9,11H2,1H3. The van der Waals surface area contributed by atoms with E-state index in [-0.39, 0.29) is 5.25 Å². The first-order valence-corrected chi connectivity index (χ1v) is 10.6. The third kappa shape index (κ3) is 3.50. The molecule has 1 saturated carbocycles. The highest BCUT2D eigenvalue weighted by molar-refractivity contribution is 7.90. The fraction of sp³-hybridized carbons (Fsp3) is 0.588. The molecule has 25 heavy (non-hydrogen) atoms. The van der Waals surface area contributed by atoms with Gasteiger partial charge in [0.15, 0.2) is 5.58 Å². The van der Waals surface area contributed by atoms with E-state index in [0.717, 1.165) is 44.3 Å². The Bertz CT molecular complexity index is 870. The highest BCUT2D eigenvalue weighted by Crippen LogP contribution is 2.32. The minimum atomic E-state index is -3.08. The number of aromatic nitrogens is 1. The molecule has 0 bridgehead atoms. The van der Waals surface area contributed by atoms with Gasteiger partial charge in [-0.15, -0.1) is 0 Å². The Balaban J connectivity index is 1.37. The molecule has 1 aliphatic carbocycles. The van der Waals surface area contributed by atoms with Crippen molar-refractivity contribution in [3.8, 4) is 0 Å². The number of halogens is 1. The van der Waals surface area contributed by atoms with Gasteiger partial charge in [0.2, 0.25) is 10.0 Å². The second-order valence-corrected chi connectivity index (χ2v) is 9.82. The van der Waals surface area contributed by atoms with Crippen LogP contribution in [0.3, 0.4) is 0 Å². The molecule has 8 heteroatoms. The van der Waals surface area contributed by atoms with E-state index < -0.39 is 10.0 Å². The number of benzene rings is 1. The van der Waals surface area contributed by atoms with Crippen molar-refractivity contribution in [2.24, 2.45) is 5.92 Å². The second-order valence-electron chi connectivity index (χ2n) is 7.06. The second kappa shape index (κ2) is 6.45. The van der Waals surface area contributed by atoms with E-state index >= 15 is 0 Å². The molecule has 1 aromatic carbocycles. The van der Waals surface area contributed by atoms with E-state index in [1.807, 2.05) is 6.07 Å². The maximum absolute atomic E-state index is 12.3. The monoisotopic (exact) mass is 383 g/mol. The lowest BCUT2D eigenvalue weighted by Gasteiger charge is -2.32. The third-order valence-electron chi connectivity index (χ3n) is 5.12. The van der Waals surface area contributed by atoms with E-state index in [1.165, 1.54) is 0 Å². The molecule has 1 aliphatic heterocycles. The van der Waals surface area contributed by atoms with Crippen LogP contribution < -0.4 is 4.90 Å². The third-order valence-corrected chi connectivity index (χ3v) is 7.69. The molecule has 4 rings (SSSR count). The first-order valence-electron chi connectivity index (χ1n) is 8.69. The average molecular weight is 384 g/mol. The van der Waals surface area contributed by atoms with Gasteiger partial charge in [0.05, 0.1) is 5.25 Å². The van der Waals surface area contributed by atoms with Gasteiger partial charge in [-0.25, -0.2) is 12.7 Å². The molecule has 6 nitrogen and oxygen atoms in total. The summed E-state index contributed by atoms with van der Waals surface area (Å²) in [5.74, 6) is 0.383. The summed E-state index contributed by atoms with van der Waals surface area (Å²) in [7, 11) is -1.36. The molecule has 2 heterocycles. The summed E-state index contributed by atoms with van der Waals surface area (Å²) in [6, 6.07) is 6.06. The number of piperidine rings is 1. The van der Waals surface area contributed by atoms with E-state index in [4.69, 9.17) is 16.0 Å². The number of anilines is 1. The van der Waals surface area contributed by atoms with Crippen molar-refractivity contribution < 1.29 is 12.8 Å². The Morgan fingerprint density at radius 2 is 2.00 bits per heavy atom. The van der Waals surface area contributed by atoms with Gasteiger partial charge in [0.25, 0.3) is 6.01 Å². The highest BCUT2D eigenvalue weighted by atomic mass is 35.5. The molecule has 136 valence electrons. The summed E-state index contributed by atoms with van der Waals surface area (Å²) in [6.45, 7) is 2.25. The molecule has 0 spiro atoms. The van der Waals surface area contributed by atoms with Gasteiger partial charge < -0.3 is 9.32 Å². The smallest absolute Gasteiger partial charge is 0.298 e. The zero-order chi connectivity index (χ0) is 17.6. The van der Waals surface area contributed by atoms with Crippen LogP contribution in [0.15, 0.2) is 22.6 Å². The number of fused-ring (bicyclic) bond motifs is 1. The van der Waals surface area contributed by atoms with Crippen molar-refractivity contribution >= 4 is 38.7 Å². The van der Waals surface area contributed by atoms with Crippen LogP contribution in [-0.2, 0) is 10.0 Å². The van der Waals surface area contributed by atoms with E-state index in [0.29, 0.717) is 29.1 Å². The van der Waals surface area contributed by atoms with Crippen molar-refractivity contribution in [3.63, 3.8) is 0 Å². The quantitative estimate of drug-likeness (QED) is 0.793. The summed E-state index contributed by atoms with van der Waals surface area (Å²) < 4.78 is 31.9. The molecular formula is C17H22ClN3O3S. The molecule has 2 fully saturated rings. The number of sulfonamides is 1. The molecule has 0 unspecified atom stereocenters. The summed E-state index contributed by atoms with van der Waals surface area (Å²) in [4.78, 5) is 6.65. The lowest BCUT2D eigenvalue weighted by molar-refractivity contribution is 0.322. The maximum Gasteiger partial charge on any atom is 0.298 e. The summed E-state index contributed by atoms with van der Waals surface area (Å²) in [6.07, 6.45) is 3.49. The van der Waals surface area contributed by atoms with Gasteiger partial charge in [-0.1, -0.05) is 11.6 Å². The zero-order valence-electron chi connectivity index (χ0n) is 14.2. The Hall–Kier alpha value is -1.31. The van der Waals surface area contributed by atoms with Crippen LogP contribution in [0.2, 0.25) is 5.02 Å². The SMILES string of the molecule is CN(CC1CCN(c2nc3ccc(Cl)cc3o2)CC1)S(=O)(=O)C1CC1. The number of nitrogens with zero attached hydrogens (tertiary/aromatic N) is 3. The predicted molar refractivity (Wildman–Crippen MR) is 98.5 cm³/mol. The van der Waals surface area contributed by atoms with Crippen LogP contribution in [0.1, 0.15) is 25.7 Å². The van der Waals surface area contributed by atoms with Gasteiger partial charge in [-0.2, -0.15) is 4.98 Å². The van der Waals surface area contributed by atoms with Crippen molar-refractivity contribution in [2.75, 3.05) is 31.6 Å². The minimum Gasteiger partial charge on any atom is -0.423 e. The van der Waals surface area contributed by atoms with E-state index in [2.05, 4.69) is 9.88 Å². The van der Waals surface area contributed by atoms with Gasteiger partial charge >= 0.3 is 0 Å². The van der Waals surface area contributed by atoms with Gasteiger partial charge in [0, 0.05) is 37.8 Å². The van der Waals surface area contributed by atoms with Crippen LogP contribution >= 0.6 is 11.6 Å². The first kappa shape index (κ1) is 17.1. The van der Waals surface area contributed by atoms with Crippen molar-refractivity contribution in [2.45, 2.75) is 30.9 Å². The molecule has 0 amide bonds. The predicted octanol–water partition coefficient (Wildman–Crippen LogP) is 3.12. The summed E-state index contributed by atoms with van der Waals surface area (Å²) >= 11 is 5.99. The van der Waals surface area contributed by atoms with Crippen molar-refractivity contribution in [1.29, 1.82) is 0 Å². The van der Waals surface area contributed by atoms with Crippen molar-refractivity contribution in [1.82, 2.24) is 9.29 Å². The van der Waals surface area contributed by atoms with Gasteiger partial charge in [0.1, 0.15) is 5.52 Å². The molecular weight excluding hydrogens is 362 g/mol. The Labute approximate surface area is 152 Å². The van der Waals surface area contributed by atoms with Crippen LogP contribution in [0.4, 0.5) is 6.01 Å². The van der Waals surface area contributed by atoms with Crippen molar-refractivity contribution in [3.05, 3.63) is 23.2 Å². The van der Waals surface area contributed by atoms with Crippen LogP contribution in [0, 0.1) is 5.92 Å². The number of rotatable bonds is 5. The minimum absolute atomic E-state index is 0.135. The molecule has 1 saturated heterocycles. The normalized spacial score (nSPS) is 19.9. The number of hydrogen-bond donors (Lipinski definition) is 0. The lowest BCUT2D eigenvalue weighted by atomic mass is 9.97. The maximum atomic E-state index is 12.3. The van der Waals surface area contributed by atoms with E-state index in [1.54, 1.807) is 23.5 Å². The van der Waals surface area contributed by atoms with Crippen LogP contribution in [0.5, 0.6) is 0 Å². The highest BCUT2D eigenvalue weighted by Gasteiger charge is 2.39. The van der Waals surface area contributed by atoms with Crippen LogP contribution in [-0.4, -0.2) is 49.6 Å². The largest absolute Gasteiger partial charge is 0.423 e. The summed E-state index contributed by atoms with van der Waals surface area (Å²) in [5, 5.41) is 0.498. The molecule has 0 atom stereocenters. The lowest BCUT2D eigenvalue weighted by Crippen LogP contribution is -2.40. The average Bonchev–Trinajstić information content (AvgIpc) is 3.36. The molecule has 2 aliphatic rings. The zero-order valence-corrected chi connectivity index (χ0v) is 15.8. The molecule has 0 radical (unpaired) electrons. The number of oxazole rings is 1. The molecule has 2 aromatic rings. The van der Waals surface area contributed by atoms with Gasteiger partial charge in [-0.05, 0) is 43.7 Å². The fourth-order valence-corrected chi connectivity index (χ4v) is 5.24. The molecule has 0 N–H and O–H groups in total. The Morgan fingerprint density at radius 1 is 1.28 bits per heavy atom. The topological polar surface area (TPSA) is 66.7 Å². The van der Waals surface area contributed by atoms with Crippen LogP contribution in [0.25, 0.3) is 11.1 Å². The Morgan fingerprint density at radius 3 is 2.68 bits per heavy atom. The Kier molecular flexibility index (Phi) is 4.42. The molecule has 1 aromatic heterocycles. The first-order chi connectivity index (χ1) is 11.9. The summed E-state index contributed by atoms with van der Waals surface area (Å²) in [5.41, 5.74) is 1.50. The number of hydrogen-bond acceptors (Lipinski definition) is 5. The van der Waals surface area contributed by atoms with Gasteiger partial charge in [-0.3, -0.25) is 0 Å². The fourth-order valence-electron chi connectivity index (χ4n) is 3.42.